The first kappa shape index (κ1) is 8.80. The van der Waals surface area contributed by atoms with Gasteiger partial charge in [-0.15, -0.1) is 0 Å². The molecular weight excluding hydrogens is 156 g/mol. The Morgan fingerprint density at radius 3 is 3.17 bits per heavy atom. The summed E-state index contributed by atoms with van der Waals surface area (Å²) in [5, 5.41) is 10.1. The maximum atomic E-state index is 10.2. The van der Waals surface area contributed by atoms with Crippen LogP contribution in [0, 0.1) is 0 Å². The van der Waals surface area contributed by atoms with E-state index in [9.17, 15) is 4.79 Å². The molecule has 0 saturated heterocycles. The van der Waals surface area contributed by atoms with Gasteiger partial charge in [0.15, 0.2) is 0 Å². The van der Waals surface area contributed by atoms with Crippen LogP contribution < -0.4 is 5.43 Å². The van der Waals surface area contributed by atoms with Crippen molar-refractivity contribution in [1.29, 1.82) is 0 Å². The summed E-state index contributed by atoms with van der Waals surface area (Å²) in [7, 11) is 0. The van der Waals surface area contributed by atoms with Crippen LogP contribution in [0.25, 0.3) is 0 Å². The summed E-state index contributed by atoms with van der Waals surface area (Å²) in [6.45, 7) is 2.63. The summed E-state index contributed by atoms with van der Waals surface area (Å²) in [6, 6.07) is 0. The van der Waals surface area contributed by atoms with E-state index in [0.717, 1.165) is 5.57 Å². The van der Waals surface area contributed by atoms with E-state index in [2.05, 4.69) is 5.43 Å². The number of nitrogens with one attached hydrogen (secondary N) is 1. The highest BCUT2D eigenvalue weighted by atomic mass is 16.4. The summed E-state index contributed by atoms with van der Waals surface area (Å²) in [5.41, 5.74) is 3.87. The summed E-state index contributed by atoms with van der Waals surface area (Å²) in [5.74, 6) is -0.851. The molecule has 0 saturated carbocycles. The topological polar surface area (TPSA) is 52.6 Å². The molecule has 0 unspecified atom stereocenters. The normalized spacial score (nSPS) is 16.1. The van der Waals surface area contributed by atoms with Crippen LogP contribution in [0.15, 0.2) is 23.9 Å². The van der Waals surface area contributed by atoms with Gasteiger partial charge >= 0.3 is 5.97 Å². The van der Waals surface area contributed by atoms with E-state index in [4.69, 9.17) is 5.11 Å². The van der Waals surface area contributed by atoms with Crippen molar-refractivity contribution in [2.45, 2.75) is 6.92 Å². The Bertz CT molecular complexity index is 233. The second-order valence-corrected chi connectivity index (χ2v) is 2.66. The zero-order valence-electron chi connectivity index (χ0n) is 6.95. The molecule has 0 aromatic heterocycles. The van der Waals surface area contributed by atoms with Crippen LogP contribution in [0.1, 0.15) is 6.92 Å². The van der Waals surface area contributed by atoms with E-state index in [-0.39, 0.29) is 6.54 Å². The lowest BCUT2D eigenvalue weighted by Crippen LogP contribution is -2.38. The van der Waals surface area contributed by atoms with Gasteiger partial charge in [0, 0.05) is 6.20 Å². The van der Waals surface area contributed by atoms with Crippen LogP contribution in [0.4, 0.5) is 0 Å². The molecule has 0 fully saturated rings. The highest BCUT2D eigenvalue weighted by Gasteiger charge is 2.03. The van der Waals surface area contributed by atoms with Gasteiger partial charge in [0.2, 0.25) is 0 Å². The number of hydrazine groups is 1. The fourth-order valence-corrected chi connectivity index (χ4v) is 0.973. The van der Waals surface area contributed by atoms with Gasteiger partial charge < -0.3 is 10.1 Å². The van der Waals surface area contributed by atoms with Gasteiger partial charge in [0.1, 0.15) is 6.54 Å². The summed E-state index contributed by atoms with van der Waals surface area (Å²) in [6.07, 6.45) is 5.85. The minimum atomic E-state index is -0.851. The van der Waals surface area contributed by atoms with Gasteiger partial charge in [-0.1, -0.05) is 12.2 Å². The minimum Gasteiger partial charge on any atom is -0.480 e. The van der Waals surface area contributed by atoms with Gasteiger partial charge in [-0.05, 0) is 12.5 Å². The average Bonchev–Trinajstić information content (AvgIpc) is 2.01. The standard InChI is InChI=1S/C8H12N2O2/c1-7-3-2-4-10(6-7)9-5-8(11)12/h2-3,6,9H,4-5H2,1H3,(H,11,12). The Kier molecular flexibility index (Phi) is 2.88. The van der Waals surface area contributed by atoms with Crippen LogP contribution in [0.5, 0.6) is 0 Å². The van der Waals surface area contributed by atoms with Crippen molar-refractivity contribution in [1.82, 2.24) is 10.4 Å². The molecule has 0 atom stereocenters. The Morgan fingerprint density at radius 2 is 2.58 bits per heavy atom. The summed E-state index contributed by atoms with van der Waals surface area (Å²) in [4.78, 5) is 10.2. The molecule has 1 rings (SSSR count). The van der Waals surface area contributed by atoms with Crippen molar-refractivity contribution < 1.29 is 9.90 Å². The minimum absolute atomic E-state index is 0.0440. The predicted octanol–water partition coefficient (Wildman–Crippen LogP) is 0.351. The lowest BCUT2D eigenvalue weighted by molar-refractivity contribution is -0.136. The van der Waals surface area contributed by atoms with Gasteiger partial charge in [-0.25, -0.2) is 5.43 Å². The first-order valence-electron chi connectivity index (χ1n) is 3.75. The molecule has 66 valence electrons. The van der Waals surface area contributed by atoms with Crippen LogP contribution >= 0.6 is 0 Å². The van der Waals surface area contributed by atoms with Crippen molar-refractivity contribution in [3.05, 3.63) is 23.9 Å². The molecule has 4 nitrogen and oxygen atoms in total. The SMILES string of the molecule is CC1=CN(NCC(=O)O)CC=C1. The smallest absolute Gasteiger partial charge is 0.319 e. The molecule has 0 aromatic carbocycles. The molecule has 0 radical (unpaired) electrons. The third-order valence-electron chi connectivity index (χ3n) is 1.48. The van der Waals surface area contributed by atoms with Crippen molar-refractivity contribution >= 4 is 5.97 Å². The van der Waals surface area contributed by atoms with Crippen molar-refractivity contribution in [2.75, 3.05) is 13.1 Å². The molecule has 0 amide bonds. The number of hydrogen-bond acceptors (Lipinski definition) is 3. The fourth-order valence-electron chi connectivity index (χ4n) is 0.973. The Morgan fingerprint density at radius 1 is 1.83 bits per heavy atom. The maximum Gasteiger partial charge on any atom is 0.319 e. The average molecular weight is 168 g/mol. The molecule has 4 heteroatoms. The first-order valence-corrected chi connectivity index (χ1v) is 3.75. The zero-order valence-corrected chi connectivity index (χ0v) is 6.95. The monoisotopic (exact) mass is 168 g/mol. The molecule has 0 aliphatic carbocycles. The predicted molar refractivity (Wildman–Crippen MR) is 45.2 cm³/mol. The number of nitrogens with zero attached hydrogens (tertiary/aromatic N) is 1. The number of hydrogen-bond donors (Lipinski definition) is 2. The second kappa shape index (κ2) is 3.92. The molecule has 2 N–H and O–H groups in total. The van der Waals surface area contributed by atoms with Crippen molar-refractivity contribution in [2.24, 2.45) is 0 Å². The van der Waals surface area contributed by atoms with Crippen LogP contribution in [-0.4, -0.2) is 29.2 Å². The van der Waals surface area contributed by atoms with E-state index < -0.39 is 5.97 Å². The van der Waals surface area contributed by atoms with Crippen LogP contribution in [-0.2, 0) is 4.79 Å². The van der Waals surface area contributed by atoms with E-state index in [1.54, 1.807) is 5.01 Å². The van der Waals surface area contributed by atoms with Gasteiger partial charge in [-0.3, -0.25) is 4.79 Å². The first-order chi connectivity index (χ1) is 5.68. The molecule has 1 heterocycles. The lowest BCUT2D eigenvalue weighted by atomic mass is 10.2. The number of carboxylic acids is 1. The van der Waals surface area contributed by atoms with Gasteiger partial charge in [-0.2, -0.15) is 0 Å². The third kappa shape index (κ3) is 2.75. The van der Waals surface area contributed by atoms with Crippen LogP contribution in [0.2, 0.25) is 0 Å². The molecule has 0 bridgehead atoms. The highest BCUT2D eigenvalue weighted by molar-refractivity contribution is 5.68. The third-order valence-corrected chi connectivity index (χ3v) is 1.48. The molecule has 0 spiro atoms. The number of allylic oxidation sites excluding steroid dienone is 2. The van der Waals surface area contributed by atoms with E-state index in [0.29, 0.717) is 6.54 Å². The molecule has 1 aliphatic heterocycles. The molecule has 1 aliphatic rings. The van der Waals surface area contributed by atoms with Gasteiger partial charge in [0.25, 0.3) is 0 Å². The van der Waals surface area contributed by atoms with E-state index in [1.807, 2.05) is 25.3 Å². The highest BCUT2D eigenvalue weighted by Crippen LogP contribution is 2.02. The zero-order chi connectivity index (χ0) is 8.97. The number of carbonyl (C=O) groups is 1. The molecule has 0 aromatic rings. The van der Waals surface area contributed by atoms with Crippen molar-refractivity contribution in [3.63, 3.8) is 0 Å². The Balaban J connectivity index is 2.35. The number of aliphatic carboxylic acids is 1. The number of carboxylic acid groups (broad SMARTS) is 1. The largest absolute Gasteiger partial charge is 0.480 e. The fraction of sp³-hybridized carbons (Fsp3) is 0.375. The molecular formula is C8H12N2O2. The maximum absolute atomic E-state index is 10.2. The Labute approximate surface area is 71.1 Å². The van der Waals surface area contributed by atoms with Crippen LogP contribution in [0.3, 0.4) is 0 Å². The van der Waals surface area contributed by atoms with E-state index in [1.165, 1.54) is 0 Å². The molecule has 12 heavy (non-hydrogen) atoms. The number of rotatable bonds is 3. The second-order valence-electron chi connectivity index (χ2n) is 2.66. The van der Waals surface area contributed by atoms with Gasteiger partial charge in [0.05, 0.1) is 6.54 Å². The van der Waals surface area contributed by atoms with E-state index >= 15 is 0 Å². The lowest BCUT2D eigenvalue weighted by Gasteiger charge is -2.21. The Hall–Kier alpha value is -1.29. The quantitative estimate of drug-likeness (QED) is 0.638. The summed E-state index contributed by atoms with van der Waals surface area (Å²) < 4.78 is 0. The van der Waals surface area contributed by atoms with Crippen molar-refractivity contribution in [3.8, 4) is 0 Å². The summed E-state index contributed by atoms with van der Waals surface area (Å²) >= 11 is 0.